The zero-order valence-corrected chi connectivity index (χ0v) is 12.3. The fourth-order valence-electron chi connectivity index (χ4n) is 2.77. The predicted octanol–water partition coefficient (Wildman–Crippen LogP) is 2.00. The Balaban J connectivity index is 2.45. The number of carbonyl (C=O) groups is 1. The van der Waals surface area contributed by atoms with Gasteiger partial charge in [-0.25, -0.2) is 4.98 Å². The fourth-order valence-corrected chi connectivity index (χ4v) is 2.77. The number of nitrogens with zero attached hydrogens (tertiary/aromatic N) is 2. The van der Waals surface area contributed by atoms with Crippen LogP contribution in [0.5, 0.6) is 5.75 Å². The number of hydrogen-bond donors (Lipinski definition) is 3. The van der Waals surface area contributed by atoms with E-state index in [9.17, 15) is 9.90 Å². The molecule has 0 saturated carbocycles. The van der Waals surface area contributed by atoms with Crippen LogP contribution in [0.1, 0.15) is 21.5 Å². The zero-order valence-electron chi connectivity index (χ0n) is 12.3. The van der Waals surface area contributed by atoms with Crippen LogP contribution in [0.15, 0.2) is 30.7 Å². The molecule has 22 heavy (non-hydrogen) atoms. The summed E-state index contributed by atoms with van der Waals surface area (Å²) >= 11 is 0. The first kappa shape index (κ1) is 13.9. The van der Waals surface area contributed by atoms with E-state index in [1.54, 1.807) is 42.0 Å². The van der Waals surface area contributed by atoms with E-state index >= 15 is 0 Å². The number of aromatic hydroxyl groups is 1. The molecular formula is C16H16N4O2. The Labute approximate surface area is 127 Å². The lowest BCUT2D eigenvalue weighted by molar-refractivity contribution is 0.100. The number of imidazole rings is 1. The van der Waals surface area contributed by atoms with E-state index in [0.29, 0.717) is 16.8 Å². The van der Waals surface area contributed by atoms with Gasteiger partial charge in [0, 0.05) is 24.2 Å². The molecule has 0 bridgehead atoms. The number of phenols is 1. The maximum Gasteiger partial charge on any atom is 0.254 e. The smallest absolute Gasteiger partial charge is 0.254 e. The molecule has 0 atom stereocenters. The average molecular weight is 296 g/mol. The average Bonchev–Trinajstić information content (AvgIpc) is 2.91. The van der Waals surface area contributed by atoms with Gasteiger partial charge in [0.15, 0.2) is 5.65 Å². The van der Waals surface area contributed by atoms with Crippen LogP contribution in [0.2, 0.25) is 0 Å². The van der Waals surface area contributed by atoms with Crippen LogP contribution in [0.4, 0.5) is 5.69 Å². The number of fused-ring (bicyclic) bond motifs is 1. The number of benzene rings is 1. The molecule has 6 heteroatoms. The normalized spacial score (nSPS) is 11.0. The molecule has 1 amide bonds. The van der Waals surface area contributed by atoms with E-state index in [4.69, 9.17) is 11.5 Å². The van der Waals surface area contributed by atoms with E-state index in [0.717, 1.165) is 11.1 Å². The molecule has 6 nitrogen and oxygen atoms in total. The number of aryl methyl sites for hydroxylation is 1. The third-order valence-corrected chi connectivity index (χ3v) is 3.88. The largest absolute Gasteiger partial charge is 0.508 e. The lowest BCUT2D eigenvalue weighted by Crippen LogP contribution is -2.16. The molecule has 0 radical (unpaired) electrons. The van der Waals surface area contributed by atoms with Gasteiger partial charge in [-0.2, -0.15) is 0 Å². The van der Waals surface area contributed by atoms with Crippen molar-refractivity contribution in [1.29, 1.82) is 0 Å². The van der Waals surface area contributed by atoms with Crippen molar-refractivity contribution in [2.75, 3.05) is 5.73 Å². The summed E-state index contributed by atoms with van der Waals surface area (Å²) in [5.41, 5.74) is 15.6. The van der Waals surface area contributed by atoms with Gasteiger partial charge in [-0.3, -0.25) is 4.79 Å². The molecule has 0 aliphatic carbocycles. The van der Waals surface area contributed by atoms with Gasteiger partial charge in [0.05, 0.1) is 5.69 Å². The summed E-state index contributed by atoms with van der Waals surface area (Å²) in [6.45, 7) is 3.72. The number of hydrogen-bond acceptors (Lipinski definition) is 4. The third-order valence-electron chi connectivity index (χ3n) is 3.88. The molecule has 0 aliphatic rings. The van der Waals surface area contributed by atoms with Gasteiger partial charge >= 0.3 is 0 Å². The summed E-state index contributed by atoms with van der Waals surface area (Å²) in [5, 5.41) is 9.98. The van der Waals surface area contributed by atoms with Crippen molar-refractivity contribution in [3.05, 3.63) is 47.4 Å². The highest BCUT2D eigenvalue weighted by molar-refractivity contribution is 6.07. The summed E-state index contributed by atoms with van der Waals surface area (Å²) in [6, 6.07) is 3.44. The Morgan fingerprint density at radius 3 is 2.73 bits per heavy atom. The van der Waals surface area contributed by atoms with Crippen LogP contribution >= 0.6 is 0 Å². The van der Waals surface area contributed by atoms with Gasteiger partial charge in [0.1, 0.15) is 11.3 Å². The molecule has 2 heterocycles. The van der Waals surface area contributed by atoms with Gasteiger partial charge < -0.3 is 21.0 Å². The van der Waals surface area contributed by atoms with Crippen molar-refractivity contribution in [2.24, 2.45) is 5.73 Å². The van der Waals surface area contributed by atoms with Crippen molar-refractivity contribution in [2.45, 2.75) is 13.8 Å². The maximum absolute atomic E-state index is 11.8. The van der Waals surface area contributed by atoms with Crippen molar-refractivity contribution in [3.8, 4) is 16.9 Å². The van der Waals surface area contributed by atoms with Gasteiger partial charge in [-0.15, -0.1) is 0 Å². The molecule has 112 valence electrons. The second kappa shape index (κ2) is 4.77. The quantitative estimate of drug-likeness (QED) is 0.672. The lowest BCUT2D eigenvalue weighted by Gasteiger charge is -2.16. The Hall–Kier alpha value is -3.02. The summed E-state index contributed by atoms with van der Waals surface area (Å²) in [4.78, 5) is 15.9. The molecule has 3 aromatic rings. The minimum absolute atomic E-state index is 0.173. The van der Waals surface area contributed by atoms with E-state index in [1.165, 1.54) is 0 Å². The summed E-state index contributed by atoms with van der Waals surface area (Å²) in [6.07, 6.45) is 5.09. The number of amides is 1. The van der Waals surface area contributed by atoms with Crippen LogP contribution in [0, 0.1) is 13.8 Å². The zero-order chi connectivity index (χ0) is 16.0. The number of anilines is 1. The van der Waals surface area contributed by atoms with Gasteiger partial charge in [0.25, 0.3) is 5.91 Å². The van der Waals surface area contributed by atoms with Crippen LogP contribution in [-0.2, 0) is 0 Å². The molecular weight excluding hydrogens is 280 g/mol. The van der Waals surface area contributed by atoms with Crippen molar-refractivity contribution < 1.29 is 9.90 Å². The van der Waals surface area contributed by atoms with E-state index in [1.807, 2.05) is 6.92 Å². The Kier molecular flexibility index (Phi) is 3.02. The van der Waals surface area contributed by atoms with E-state index in [-0.39, 0.29) is 17.0 Å². The fraction of sp³-hybridized carbons (Fsp3) is 0.125. The summed E-state index contributed by atoms with van der Waals surface area (Å²) in [7, 11) is 0. The predicted molar refractivity (Wildman–Crippen MR) is 84.7 cm³/mol. The second-order valence-electron chi connectivity index (χ2n) is 5.26. The summed E-state index contributed by atoms with van der Waals surface area (Å²) in [5.74, 6) is -0.461. The molecule has 0 aliphatic heterocycles. The van der Waals surface area contributed by atoms with Gasteiger partial charge in [-0.1, -0.05) is 6.07 Å². The van der Waals surface area contributed by atoms with Gasteiger partial charge in [-0.05, 0) is 36.6 Å². The van der Waals surface area contributed by atoms with Crippen LogP contribution < -0.4 is 11.5 Å². The summed E-state index contributed by atoms with van der Waals surface area (Å²) < 4.78 is 1.70. The first-order valence-corrected chi connectivity index (χ1v) is 6.76. The highest BCUT2D eigenvalue weighted by Crippen LogP contribution is 2.37. The monoisotopic (exact) mass is 296 g/mol. The van der Waals surface area contributed by atoms with Gasteiger partial charge in [0.2, 0.25) is 0 Å². The molecule has 1 aromatic carbocycles. The topological polar surface area (TPSA) is 107 Å². The number of phenolic OH excluding ortho intramolecular Hbond substituents is 1. The molecule has 0 fully saturated rings. The molecule has 5 N–H and O–H groups in total. The maximum atomic E-state index is 11.8. The Morgan fingerprint density at radius 1 is 1.32 bits per heavy atom. The number of aromatic nitrogens is 2. The second-order valence-corrected chi connectivity index (χ2v) is 5.26. The van der Waals surface area contributed by atoms with Crippen molar-refractivity contribution in [3.63, 3.8) is 0 Å². The number of nitrogens with two attached hydrogens (primary N) is 2. The molecule has 2 aromatic heterocycles. The minimum atomic E-state index is -0.633. The van der Waals surface area contributed by atoms with Crippen LogP contribution in [0.3, 0.4) is 0 Å². The van der Waals surface area contributed by atoms with Crippen molar-refractivity contribution >= 4 is 17.2 Å². The first-order chi connectivity index (χ1) is 10.4. The Bertz CT molecular complexity index is 912. The lowest BCUT2D eigenvalue weighted by atomic mass is 9.93. The third kappa shape index (κ3) is 1.88. The van der Waals surface area contributed by atoms with Crippen LogP contribution in [0.25, 0.3) is 16.8 Å². The molecule has 0 saturated heterocycles. The minimum Gasteiger partial charge on any atom is -0.508 e. The van der Waals surface area contributed by atoms with Crippen LogP contribution in [-0.4, -0.2) is 20.4 Å². The standard InChI is InChI=1S/C16H16N4O2/c1-8-3-4-11(21)9(2)12(8)10-7-20-6-5-19-16(20)13(14(10)17)15(18)22/h3-7,21H,17H2,1-2H3,(H2,18,22). The Morgan fingerprint density at radius 2 is 2.05 bits per heavy atom. The highest BCUT2D eigenvalue weighted by Gasteiger charge is 2.20. The number of rotatable bonds is 2. The molecule has 0 spiro atoms. The number of nitrogen functional groups attached to an aromatic ring is 1. The van der Waals surface area contributed by atoms with E-state index < -0.39 is 5.91 Å². The molecule has 3 rings (SSSR count). The molecule has 0 unspecified atom stereocenters. The number of primary amides is 1. The first-order valence-electron chi connectivity index (χ1n) is 6.76. The number of carbonyl (C=O) groups excluding carboxylic acids is 1. The van der Waals surface area contributed by atoms with E-state index in [2.05, 4.69) is 4.98 Å². The van der Waals surface area contributed by atoms with Crippen molar-refractivity contribution in [1.82, 2.24) is 9.38 Å². The highest BCUT2D eigenvalue weighted by atomic mass is 16.3. The number of pyridine rings is 1. The SMILES string of the molecule is Cc1ccc(O)c(C)c1-c1cn2ccnc2c(C(N)=O)c1N.